The summed E-state index contributed by atoms with van der Waals surface area (Å²) in [7, 11) is 0. The fourth-order valence-corrected chi connectivity index (χ4v) is 2.87. The minimum Gasteiger partial charge on any atom is -0.384 e. The van der Waals surface area contributed by atoms with E-state index in [4.69, 9.17) is 11.6 Å². The smallest absolute Gasteiger partial charge is 0.0426 e. The molecule has 1 aromatic carbocycles. The van der Waals surface area contributed by atoms with Gasteiger partial charge in [-0.05, 0) is 36.2 Å². The van der Waals surface area contributed by atoms with Crippen LogP contribution >= 0.6 is 22.9 Å². The Balaban J connectivity index is 1.77. The van der Waals surface area contributed by atoms with Crippen LogP contribution in [0.1, 0.15) is 11.8 Å². The molecule has 1 N–H and O–H groups in total. The fourth-order valence-electron chi connectivity index (χ4n) is 1.93. The van der Waals surface area contributed by atoms with Crippen LogP contribution in [0.5, 0.6) is 0 Å². The van der Waals surface area contributed by atoms with Crippen LogP contribution in [-0.2, 0) is 6.54 Å². The fraction of sp³-hybridized carbons (Fsp3) is 0.333. The maximum Gasteiger partial charge on any atom is 0.0426 e. The van der Waals surface area contributed by atoms with Crippen molar-refractivity contribution in [2.45, 2.75) is 13.5 Å². The van der Waals surface area contributed by atoms with E-state index in [9.17, 15) is 0 Å². The Hall–Kier alpha value is -1.03. The van der Waals surface area contributed by atoms with E-state index in [-0.39, 0.29) is 0 Å². The Morgan fingerprint density at radius 3 is 2.84 bits per heavy atom. The van der Waals surface area contributed by atoms with Gasteiger partial charge in [-0.3, -0.25) is 4.90 Å². The number of nitrogens with one attached hydrogen (secondary N) is 1. The number of likely N-dealkylation sites (N-methyl/N-ethyl adjacent to an activating group) is 1. The molecule has 1 heterocycles. The highest BCUT2D eigenvalue weighted by Crippen LogP contribution is 2.15. The first kappa shape index (κ1) is 14.4. The summed E-state index contributed by atoms with van der Waals surface area (Å²) in [6, 6.07) is 12.2. The molecule has 1 aromatic heterocycles. The van der Waals surface area contributed by atoms with Crippen LogP contribution in [0.2, 0.25) is 5.02 Å². The molecule has 2 rings (SSSR count). The number of nitrogens with zero attached hydrogens (tertiary/aromatic N) is 1. The standard InChI is InChI=1S/C15H19ClN2S/c1-2-18(12-15-7-4-10-19-15)9-8-17-14-6-3-5-13(16)11-14/h3-7,10-11,17H,2,8-9,12H2,1H3. The molecule has 0 aliphatic rings. The van der Waals surface area contributed by atoms with Gasteiger partial charge in [-0.25, -0.2) is 0 Å². The first-order valence-corrected chi connectivity index (χ1v) is 7.78. The number of halogens is 1. The van der Waals surface area contributed by atoms with Crippen molar-refractivity contribution in [2.24, 2.45) is 0 Å². The van der Waals surface area contributed by atoms with E-state index in [1.54, 1.807) is 0 Å². The first-order chi connectivity index (χ1) is 9.28. The van der Waals surface area contributed by atoms with Crippen LogP contribution in [0.4, 0.5) is 5.69 Å². The molecule has 0 saturated carbocycles. The molecule has 0 saturated heterocycles. The second-order valence-electron chi connectivity index (χ2n) is 4.39. The average molecular weight is 295 g/mol. The van der Waals surface area contributed by atoms with Crippen molar-refractivity contribution in [3.63, 3.8) is 0 Å². The van der Waals surface area contributed by atoms with Gasteiger partial charge in [0.1, 0.15) is 0 Å². The predicted octanol–water partition coefficient (Wildman–Crippen LogP) is 4.34. The van der Waals surface area contributed by atoms with E-state index in [2.05, 4.69) is 34.7 Å². The summed E-state index contributed by atoms with van der Waals surface area (Å²) in [4.78, 5) is 3.85. The minimum atomic E-state index is 0.774. The maximum absolute atomic E-state index is 5.96. The zero-order valence-electron chi connectivity index (χ0n) is 11.1. The summed E-state index contributed by atoms with van der Waals surface area (Å²) < 4.78 is 0. The second-order valence-corrected chi connectivity index (χ2v) is 5.85. The van der Waals surface area contributed by atoms with Crippen molar-refractivity contribution >= 4 is 28.6 Å². The van der Waals surface area contributed by atoms with E-state index >= 15 is 0 Å². The van der Waals surface area contributed by atoms with E-state index in [0.29, 0.717) is 0 Å². The van der Waals surface area contributed by atoms with Gasteiger partial charge in [0, 0.05) is 35.2 Å². The molecule has 0 spiro atoms. The number of thiophene rings is 1. The predicted molar refractivity (Wildman–Crippen MR) is 85.2 cm³/mol. The Kier molecular flexibility index (Phi) is 5.70. The molecule has 102 valence electrons. The summed E-state index contributed by atoms with van der Waals surface area (Å²) in [5.74, 6) is 0. The number of hydrogen-bond acceptors (Lipinski definition) is 3. The number of anilines is 1. The topological polar surface area (TPSA) is 15.3 Å². The summed E-state index contributed by atoms with van der Waals surface area (Å²) in [6.07, 6.45) is 0. The van der Waals surface area contributed by atoms with Crippen molar-refractivity contribution in [3.05, 3.63) is 51.7 Å². The minimum absolute atomic E-state index is 0.774. The molecule has 4 heteroatoms. The SMILES string of the molecule is CCN(CCNc1cccc(Cl)c1)Cc1cccs1. The van der Waals surface area contributed by atoms with Crippen molar-refractivity contribution in [2.75, 3.05) is 25.0 Å². The highest BCUT2D eigenvalue weighted by molar-refractivity contribution is 7.09. The monoisotopic (exact) mass is 294 g/mol. The first-order valence-electron chi connectivity index (χ1n) is 6.52. The van der Waals surface area contributed by atoms with Gasteiger partial charge in [0.2, 0.25) is 0 Å². The highest BCUT2D eigenvalue weighted by atomic mass is 35.5. The molecule has 0 bridgehead atoms. The summed E-state index contributed by atoms with van der Waals surface area (Å²) >= 11 is 7.78. The molecule has 0 amide bonds. The van der Waals surface area contributed by atoms with Crippen LogP contribution in [0.25, 0.3) is 0 Å². The summed E-state index contributed by atoms with van der Waals surface area (Å²) in [5.41, 5.74) is 1.08. The van der Waals surface area contributed by atoms with Crippen molar-refractivity contribution < 1.29 is 0 Å². The highest BCUT2D eigenvalue weighted by Gasteiger charge is 2.04. The van der Waals surface area contributed by atoms with Crippen molar-refractivity contribution in [1.29, 1.82) is 0 Å². The average Bonchev–Trinajstić information content (AvgIpc) is 2.90. The molecule has 0 unspecified atom stereocenters. The third-order valence-electron chi connectivity index (χ3n) is 2.99. The molecule has 0 fully saturated rings. The van der Waals surface area contributed by atoms with E-state index < -0.39 is 0 Å². The maximum atomic E-state index is 5.96. The second kappa shape index (κ2) is 7.53. The Bertz CT molecular complexity index is 485. The zero-order valence-corrected chi connectivity index (χ0v) is 12.7. The summed E-state index contributed by atoms with van der Waals surface area (Å²) in [6.45, 7) is 6.26. The zero-order chi connectivity index (χ0) is 13.5. The van der Waals surface area contributed by atoms with Gasteiger partial charge in [0.25, 0.3) is 0 Å². The molecule has 2 nitrogen and oxygen atoms in total. The number of rotatable bonds is 7. The lowest BCUT2D eigenvalue weighted by Crippen LogP contribution is -2.28. The lowest BCUT2D eigenvalue weighted by atomic mass is 10.3. The molecular weight excluding hydrogens is 276 g/mol. The normalized spacial score (nSPS) is 10.9. The largest absolute Gasteiger partial charge is 0.384 e. The quantitative estimate of drug-likeness (QED) is 0.817. The number of hydrogen-bond donors (Lipinski definition) is 1. The lowest BCUT2D eigenvalue weighted by Gasteiger charge is -2.20. The Labute approximate surface area is 124 Å². The van der Waals surface area contributed by atoms with E-state index in [0.717, 1.165) is 36.9 Å². The molecule has 2 aromatic rings. The van der Waals surface area contributed by atoms with Gasteiger partial charge in [-0.2, -0.15) is 0 Å². The van der Waals surface area contributed by atoms with Crippen molar-refractivity contribution in [1.82, 2.24) is 4.90 Å². The Morgan fingerprint density at radius 1 is 1.26 bits per heavy atom. The molecular formula is C15H19ClN2S. The lowest BCUT2D eigenvalue weighted by molar-refractivity contribution is 0.294. The third-order valence-corrected chi connectivity index (χ3v) is 4.08. The van der Waals surface area contributed by atoms with Crippen LogP contribution in [-0.4, -0.2) is 24.5 Å². The van der Waals surface area contributed by atoms with Gasteiger partial charge in [0.05, 0.1) is 0 Å². The molecule has 19 heavy (non-hydrogen) atoms. The van der Waals surface area contributed by atoms with Crippen LogP contribution in [0.15, 0.2) is 41.8 Å². The van der Waals surface area contributed by atoms with Gasteiger partial charge in [-0.15, -0.1) is 11.3 Å². The van der Waals surface area contributed by atoms with Crippen LogP contribution < -0.4 is 5.32 Å². The third kappa shape index (κ3) is 4.86. The van der Waals surface area contributed by atoms with Crippen molar-refractivity contribution in [3.8, 4) is 0 Å². The molecule has 0 radical (unpaired) electrons. The molecule has 0 atom stereocenters. The Morgan fingerprint density at radius 2 is 2.16 bits per heavy atom. The summed E-state index contributed by atoms with van der Waals surface area (Å²) in [5, 5.41) is 6.31. The van der Waals surface area contributed by atoms with Gasteiger partial charge in [0.15, 0.2) is 0 Å². The van der Waals surface area contributed by atoms with Crippen LogP contribution in [0, 0.1) is 0 Å². The number of benzene rings is 1. The van der Waals surface area contributed by atoms with E-state index in [1.807, 2.05) is 35.6 Å². The molecule has 0 aliphatic carbocycles. The van der Waals surface area contributed by atoms with Crippen LogP contribution in [0.3, 0.4) is 0 Å². The van der Waals surface area contributed by atoms with Gasteiger partial charge >= 0.3 is 0 Å². The van der Waals surface area contributed by atoms with Gasteiger partial charge in [-0.1, -0.05) is 30.7 Å². The van der Waals surface area contributed by atoms with Gasteiger partial charge < -0.3 is 5.32 Å². The van der Waals surface area contributed by atoms with E-state index in [1.165, 1.54) is 4.88 Å². The molecule has 0 aliphatic heterocycles.